The van der Waals surface area contributed by atoms with Crippen molar-refractivity contribution in [2.24, 2.45) is 7.05 Å². The molecule has 0 N–H and O–H groups in total. The van der Waals surface area contributed by atoms with E-state index in [-0.39, 0.29) is 5.91 Å². The van der Waals surface area contributed by atoms with Gasteiger partial charge in [-0.3, -0.25) is 9.69 Å². The molecule has 1 saturated heterocycles. The van der Waals surface area contributed by atoms with Crippen LogP contribution in [-0.4, -0.2) is 51.4 Å². The van der Waals surface area contributed by atoms with Gasteiger partial charge in [0.15, 0.2) is 0 Å². The molecule has 3 rings (SSSR count). The number of hydrogen-bond donors (Lipinski definition) is 0. The lowest BCUT2D eigenvalue weighted by Gasteiger charge is -2.21. The highest BCUT2D eigenvalue weighted by atomic mass is 35.5. The summed E-state index contributed by atoms with van der Waals surface area (Å²) in [5.74, 6) is 1.11. The SMILES string of the molecule is Cn1c(Cl)cnc1CN1CCCN(C(=O)c2cccs2)CC1. The van der Waals surface area contributed by atoms with Gasteiger partial charge in [0.2, 0.25) is 0 Å². The zero-order valence-electron chi connectivity index (χ0n) is 12.5. The lowest BCUT2D eigenvalue weighted by molar-refractivity contribution is 0.0766. The van der Waals surface area contributed by atoms with Crippen molar-refractivity contribution >= 4 is 28.8 Å². The van der Waals surface area contributed by atoms with Crippen LogP contribution in [0, 0.1) is 0 Å². The lowest BCUT2D eigenvalue weighted by Crippen LogP contribution is -2.34. The summed E-state index contributed by atoms with van der Waals surface area (Å²) in [6.07, 6.45) is 2.66. The van der Waals surface area contributed by atoms with Crippen molar-refractivity contribution in [1.29, 1.82) is 0 Å². The zero-order chi connectivity index (χ0) is 15.5. The quantitative estimate of drug-likeness (QED) is 0.863. The van der Waals surface area contributed by atoms with Gasteiger partial charge in [0.1, 0.15) is 11.0 Å². The van der Waals surface area contributed by atoms with Crippen LogP contribution in [0.1, 0.15) is 21.9 Å². The van der Waals surface area contributed by atoms with Gasteiger partial charge in [-0.05, 0) is 17.9 Å². The first kappa shape index (κ1) is 15.5. The molecule has 0 unspecified atom stereocenters. The first-order valence-electron chi connectivity index (χ1n) is 7.36. The number of rotatable bonds is 3. The Morgan fingerprint density at radius 1 is 1.36 bits per heavy atom. The molecule has 5 nitrogen and oxygen atoms in total. The molecule has 0 bridgehead atoms. The van der Waals surface area contributed by atoms with Gasteiger partial charge < -0.3 is 9.47 Å². The maximum atomic E-state index is 12.4. The first-order valence-corrected chi connectivity index (χ1v) is 8.62. The van der Waals surface area contributed by atoms with Crippen LogP contribution < -0.4 is 0 Å². The maximum Gasteiger partial charge on any atom is 0.263 e. The number of carbonyl (C=O) groups is 1. The normalized spacial score (nSPS) is 16.7. The Bertz CT molecular complexity index is 640. The second-order valence-corrected chi connectivity index (χ2v) is 6.79. The van der Waals surface area contributed by atoms with Crippen LogP contribution in [0.4, 0.5) is 0 Å². The molecule has 1 fully saturated rings. The minimum absolute atomic E-state index is 0.150. The maximum absolute atomic E-state index is 12.4. The number of carbonyl (C=O) groups excluding carboxylic acids is 1. The number of nitrogens with zero attached hydrogens (tertiary/aromatic N) is 4. The molecule has 2 aromatic rings. The van der Waals surface area contributed by atoms with Gasteiger partial charge in [-0.2, -0.15) is 0 Å². The standard InChI is InChI=1S/C15H19ClN4OS/c1-18-13(16)10-17-14(18)11-19-5-3-6-20(8-7-19)15(21)12-4-2-9-22-12/h2,4,9-10H,3,5-8,11H2,1H3. The van der Waals surface area contributed by atoms with Crippen LogP contribution in [0.15, 0.2) is 23.7 Å². The smallest absolute Gasteiger partial charge is 0.263 e. The van der Waals surface area contributed by atoms with Crippen LogP contribution in [0.25, 0.3) is 0 Å². The molecule has 3 heterocycles. The Balaban J connectivity index is 1.60. The van der Waals surface area contributed by atoms with Crippen molar-refractivity contribution in [3.8, 4) is 0 Å². The third kappa shape index (κ3) is 3.34. The van der Waals surface area contributed by atoms with Gasteiger partial charge in [0.05, 0.1) is 17.6 Å². The van der Waals surface area contributed by atoms with E-state index in [9.17, 15) is 4.79 Å². The summed E-state index contributed by atoms with van der Waals surface area (Å²) in [5.41, 5.74) is 0. The topological polar surface area (TPSA) is 41.4 Å². The molecule has 0 radical (unpaired) electrons. The third-order valence-corrected chi connectivity index (χ3v) is 5.21. The molecule has 7 heteroatoms. The molecule has 0 aromatic carbocycles. The fourth-order valence-corrected chi connectivity index (χ4v) is 3.50. The van der Waals surface area contributed by atoms with Crippen molar-refractivity contribution in [2.45, 2.75) is 13.0 Å². The third-order valence-electron chi connectivity index (χ3n) is 4.00. The van der Waals surface area contributed by atoms with Gasteiger partial charge >= 0.3 is 0 Å². The molecule has 22 heavy (non-hydrogen) atoms. The van der Waals surface area contributed by atoms with Gasteiger partial charge in [0.25, 0.3) is 5.91 Å². The highest BCUT2D eigenvalue weighted by Gasteiger charge is 2.21. The van der Waals surface area contributed by atoms with Crippen molar-refractivity contribution in [1.82, 2.24) is 19.4 Å². The summed E-state index contributed by atoms with van der Waals surface area (Å²) in [7, 11) is 1.93. The Morgan fingerprint density at radius 2 is 2.23 bits per heavy atom. The van der Waals surface area contributed by atoms with Crippen molar-refractivity contribution < 1.29 is 4.79 Å². The van der Waals surface area contributed by atoms with E-state index in [4.69, 9.17) is 11.6 Å². The summed E-state index contributed by atoms with van der Waals surface area (Å²) >= 11 is 7.54. The van der Waals surface area contributed by atoms with Gasteiger partial charge in [-0.15, -0.1) is 11.3 Å². The zero-order valence-corrected chi connectivity index (χ0v) is 14.1. The van der Waals surface area contributed by atoms with Gasteiger partial charge in [0, 0.05) is 33.2 Å². The van der Waals surface area contributed by atoms with Crippen molar-refractivity contribution in [3.63, 3.8) is 0 Å². The molecule has 118 valence electrons. The van der Waals surface area contributed by atoms with E-state index in [2.05, 4.69) is 9.88 Å². The van der Waals surface area contributed by atoms with Crippen LogP contribution in [0.2, 0.25) is 5.15 Å². The number of halogens is 1. The summed E-state index contributed by atoms with van der Waals surface area (Å²) < 4.78 is 1.90. The number of thiophene rings is 1. The molecule has 0 aliphatic carbocycles. The molecular weight excluding hydrogens is 320 g/mol. The minimum atomic E-state index is 0.150. The monoisotopic (exact) mass is 338 g/mol. The van der Waals surface area contributed by atoms with Gasteiger partial charge in [-0.1, -0.05) is 17.7 Å². The Kier molecular flexibility index (Phi) is 4.81. The molecule has 1 aliphatic heterocycles. The summed E-state index contributed by atoms with van der Waals surface area (Å²) in [6, 6.07) is 3.82. The highest BCUT2D eigenvalue weighted by Crippen LogP contribution is 2.16. The fourth-order valence-electron chi connectivity index (χ4n) is 2.66. The molecular formula is C15H19ClN4OS. The fraction of sp³-hybridized carbons (Fsp3) is 0.467. The average molecular weight is 339 g/mol. The Morgan fingerprint density at radius 3 is 2.91 bits per heavy atom. The average Bonchev–Trinajstić information content (AvgIpc) is 3.08. The molecule has 1 aliphatic rings. The van der Waals surface area contributed by atoms with E-state index in [1.54, 1.807) is 6.20 Å². The largest absolute Gasteiger partial charge is 0.337 e. The molecule has 2 aromatic heterocycles. The molecule has 1 amide bonds. The number of imidazole rings is 1. The second kappa shape index (κ2) is 6.81. The summed E-state index contributed by atoms with van der Waals surface area (Å²) in [6.45, 7) is 4.17. The Hall–Kier alpha value is -1.37. The summed E-state index contributed by atoms with van der Waals surface area (Å²) in [4.78, 5) is 21.9. The van der Waals surface area contributed by atoms with Crippen LogP contribution in [-0.2, 0) is 13.6 Å². The lowest BCUT2D eigenvalue weighted by atomic mass is 10.3. The second-order valence-electron chi connectivity index (χ2n) is 5.46. The van der Waals surface area contributed by atoms with E-state index in [1.807, 2.05) is 34.0 Å². The summed E-state index contributed by atoms with van der Waals surface area (Å²) in [5, 5.41) is 2.60. The van der Waals surface area contributed by atoms with Crippen LogP contribution >= 0.6 is 22.9 Å². The Labute approximate surface area is 139 Å². The molecule has 0 saturated carbocycles. The van der Waals surface area contributed by atoms with Crippen molar-refractivity contribution in [2.75, 3.05) is 26.2 Å². The van der Waals surface area contributed by atoms with E-state index in [0.29, 0.717) is 5.15 Å². The minimum Gasteiger partial charge on any atom is -0.337 e. The van der Waals surface area contributed by atoms with E-state index >= 15 is 0 Å². The van der Waals surface area contributed by atoms with E-state index < -0.39 is 0 Å². The highest BCUT2D eigenvalue weighted by molar-refractivity contribution is 7.12. The number of aromatic nitrogens is 2. The molecule has 0 spiro atoms. The number of hydrogen-bond acceptors (Lipinski definition) is 4. The van der Waals surface area contributed by atoms with E-state index in [1.165, 1.54) is 11.3 Å². The van der Waals surface area contributed by atoms with Gasteiger partial charge in [-0.25, -0.2) is 4.98 Å². The van der Waals surface area contributed by atoms with Crippen LogP contribution in [0.3, 0.4) is 0 Å². The first-order chi connectivity index (χ1) is 10.6. The predicted octanol–water partition coefficient (Wildman–Crippen LogP) is 2.48. The van der Waals surface area contributed by atoms with E-state index in [0.717, 1.165) is 49.8 Å². The molecule has 0 atom stereocenters. The van der Waals surface area contributed by atoms with Crippen LogP contribution in [0.5, 0.6) is 0 Å². The van der Waals surface area contributed by atoms with Crippen molar-refractivity contribution in [3.05, 3.63) is 39.6 Å². The number of amides is 1. The predicted molar refractivity (Wildman–Crippen MR) is 88.3 cm³/mol.